The summed E-state index contributed by atoms with van der Waals surface area (Å²) in [7, 11) is 0. The molecule has 6 heteroatoms. The molecule has 1 aliphatic heterocycles. The fourth-order valence-corrected chi connectivity index (χ4v) is 2.93. The number of piperazine rings is 1. The van der Waals surface area contributed by atoms with E-state index < -0.39 is 0 Å². The predicted octanol–water partition coefficient (Wildman–Crippen LogP) is 3.94. The zero-order valence-corrected chi connectivity index (χ0v) is 14.1. The van der Waals surface area contributed by atoms with Gasteiger partial charge in [-0.05, 0) is 39.0 Å². The van der Waals surface area contributed by atoms with Crippen molar-refractivity contribution in [2.75, 3.05) is 31.5 Å². The van der Waals surface area contributed by atoms with Gasteiger partial charge in [-0.1, -0.05) is 23.2 Å². The van der Waals surface area contributed by atoms with Crippen molar-refractivity contribution >= 4 is 34.9 Å². The summed E-state index contributed by atoms with van der Waals surface area (Å²) >= 11 is 11.9. The second kappa shape index (κ2) is 6.42. The van der Waals surface area contributed by atoms with E-state index in [-0.39, 0.29) is 11.6 Å². The molecule has 2 rings (SSSR count). The average molecular weight is 330 g/mol. The number of carbonyl (C=O) groups excluding carboxylic acids is 1. The summed E-state index contributed by atoms with van der Waals surface area (Å²) in [4.78, 5) is 16.5. The molecule has 4 nitrogen and oxygen atoms in total. The van der Waals surface area contributed by atoms with Crippen LogP contribution >= 0.6 is 23.2 Å². The van der Waals surface area contributed by atoms with Gasteiger partial charge in [-0.25, -0.2) is 4.79 Å². The third-order valence-electron chi connectivity index (χ3n) is 3.63. The van der Waals surface area contributed by atoms with E-state index in [1.54, 1.807) is 18.2 Å². The van der Waals surface area contributed by atoms with Crippen LogP contribution in [0.2, 0.25) is 10.0 Å². The molecule has 0 atom stereocenters. The minimum Gasteiger partial charge on any atom is -0.322 e. The van der Waals surface area contributed by atoms with E-state index >= 15 is 0 Å². The van der Waals surface area contributed by atoms with Crippen LogP contribution in [0, 0.1) is 0 Å². The molecule has 1 heterocycles. The summed E-state index contributed by atoms with van der Waals surface area (Å²) in [6.45, 7) is 9.78. The molecular weight excluding hydrogens is 309 g/mol. The molecule has 21 heavy (non-hydrogen) atoms. The molecule has 1 saturated heterocycles. The standard InChI is InChI=1S/C15H21Cl2N3O/c1-15(2,3)20-6-4-19(5-7-20)14(21)18-13-9-11(16)8-12(17)10-13/h8-10H,4-7H2,1-3H3,(H,18,21). The van der Waals surface area contributed by atoms with Crippen molar-refractivity contribution in [1.29, 1.82) is 0 Å². The van der Waals surface area contributed by atoms with Crippen molar-refractivity contribution in [2.45, 2.75) is 26.3 Å². The molecule has 0 saturated carbocycles. The second-order valence-corrected chi connectivity index (χ2v) is 7.11. The first-order valence-electron chi connectivity index (χ1n) is 7.03. The Morgan fingerprint density at radius 3 is 2.05 bits per heavy atom. The molecule has 116 valence electrons. The summed E-state index contributed by atoms with van der Waals surface area (Å²) in [6, 6.07) is 4.91. The van der Waals surface area contributed by atoms with Gasteiger partial charge in [0.1, 0.15) is 0 Å². The Hall–Kier alpha value is -0.970. The fraction of sp³-hybridized carbons (Fsp3) is 0.533. The lowest BCUT2D eigenvalue weighted by molar-refractivity contribution is 0.0774. The van der Waals surface area contributed by atoms with E-state index in [1.807, 2.05) is 4.90 Å². The van der Waals surface area contributed by atoms with Gasteiger partial charge < -0.3 is 10.2 Å². The highest BCUT2D eigenvalue weighted by Crippen LogP contribution is 2.23. The summed E-state index contributed by atoms with van der Waals surface area (Å²) in [5.74, 6) is 0. The normalized spacial score (nSPS) is 16.9. The summed E-state index contributed by atoms with van der Waals surface area (Å²) in [5, 5.41) is 3.87. The maximum absolute atomic E-state index is 12.3. The van der Waals surface area contributed by atoms with Gasteiger partial charge in [0.15, 0.2) is 0 Å². The van der Waals surface area contributed by atoms with Crippen molar-refractivity contribution in [3.8, 4) is 0 Å². The van der Waals surface area contributed by atoms with Crippen molar-refractivity contribution in [3.05, 3.63) is 28.2 Å². The number of hydrogen-bond donors (Lipinski definition) is 1. The van der Waals surface area contributed by atoms with Crippen molar-refractivity contribution in [3.63, 3.8) is 0 Å². The number of nitrogens with zero attached hydrogens (tertiary/aromatic N) is 2. The molecule has 1 fully saturated rings. The first kappa shape index (κ1) is 16.4. The summed E-state index contributed by atoms with van der Waals surface area (Å²) < 4.78 is 0. The molecule has 0 radical (unpaired) electrons. The molecule has 0 unspecified atom stereocenters. The number of nitrogens with one attached hydrogen (secondary N) is 1. The van der Waals surface area contributed by atoms with Crippen molar-refractivity contribution in [1.82, 2.24) is 9.80 Å². The molecule has 1 N–H and O–H groups in total. The molecule has 0 aliphatic carbocycles. The van der Waals surface area contributed by atoms with Crippen LogP contribution in [0.4, 0.5) is 10.5 Å². The van der Waals surface area contributed by atoms with Gasteiger partial charge in [-0.15, -0.1) is 0 Å². The Bertz CT molecular complexity index is 500. The molecule has 0 aromatic heterocycles. The molecule has 1 aromatic rings. The number of rotatable bonds is 1. The molecule has 0 bridgehead atoms. The SMILES string of the molecule is CC(C)(C)N1CCN(C(=O)Nc2cc(Cl)cc(Cl)c2)CC1. The molecule has 0 spiro atoms. The number of benzene rings is 1. The maximum atomic E-state index is 12.3. The molecule has 2 amide bonds. The van der Waals surface area contributed by atoms with Gasteiger partial charge in [0.25, 0.3) is 0 Å². The van der Waals surface area contributed by atoms with E-state index in [4.69, 9.17) is 23.2 Å². The Labute approximate surface area is 136 Å². The largest absolute Gasteiger partial charge is 0.322 e. The van der Waals surface area contributed by atoms with Crippen LogP contribution in [-0.4, -0.2) is 47.5 Å². The van der Waals surface area contributed by atoms with Gasteiger partial charge in [-0.2, -0.15) is 0 Å². The smallest absolute Gasteiger partial charge is 0.321 e. The summed E-state index contributed by atoms with van der Waals surface area (Å²) in [5.41, 5.74) is 0.763. The lowest BCUT2D eigenvalue weighted by Crippen LogP contribution is -2.55. The van der Waals surface area contributed by atoms with Gasteiger partial charge in [0.2, 0.25) is 0 Å². The number of urea groups is 1. The topological polar surface area (TPSA) is 35.6 Å². The number of halogens is 2. The number of carbonyl (C=O) groups is 1. The molecule has 1 aliphatic rings. The number of anilines is 1. The Morgan fingerprint density at radius 2 is 1.57 bits per heavy atom. The number of amides is 2. The van der Waals surface area contributed by atoms with Crippen LogP contribution < -0.4 is 5.32 Å². The van der Waals surface area contributed by atoms with E-state index in [2.05, 4.69) is 31.0 Å². The minimum atomic E-state index is -0.109. The highest BCUT2D eigenvalue weighted by atomic mass is 35.5. The average Bonchev–Trinajstić information content (AvgIpc) is 2.36. The Morgan fingerprint density at radius 1 is 1.05 bits per heavy atom. The minimum absolute atomic E-state index is 0.109. The quantitative estimate of drug-likeness (QED) is 0.846. The summed E-state index contributed by atoms with van der Waals surface area (Å²) in [6.07, 6.45) is 0. The van der Waals surface area contributed by atoms with Crippen LogP contribution in [-0.2, 0) is 0 Å². The van der Waals surface area contributed by atoms with Gasteiger partial charge in [-0.3, -0.25) is 4.90 Å². The molecule has 1 aromatic carbocycles. The van der Waals surface area contributed by atoms with Gasteiger partial charge in [0.05, 0.1) is 0 Å². The van der Waals surface area contributed by atoms with Gasteiger partial charge in [0, 0.05) is 47.5 Å². The van der Waals surface area contributed by atoms with Crippen LogP contribution in [0.3, 0.4) is 0 Å². The Balaban J connectivity index is 1.93. The third kappa shape index (κ3) is 4.50. The van der Waals surface area contributed by atoms with E-state index in [1.165, 1.54) is 0 Å². The Kier molecular flexibility index (Phi) is 5.02. The highest BCUT2D eigenvalue weighted by Gasteiger charge is 2.27. The maximum Gasteiger partial charge on any atom is 0.321 e. The lowest BCUT2D eigenvalue weighted by Gasteiger charge is -2.42. The van der Waals surface area contributed by atoms with E-state index in [9.17, 15) is 4.79 Å². The molecular formula is C15H21Cl2N3O. The van der Waals surface area contributed by atoms with Crippen LogP contribution in [0.1, 0.15) is 20.8 Å². The predicted molar refractivity (Wildman–Crippen MR) is 88.4 cm³/mol. The highest BCUT2D eigenvalue weighted by molar-refractivity contribution is 6.35. The van der Waals surface area contributed by atoms with E-state index in [0.717, 1.165) is 26.2 Å². The van der Waals surface area contributed by atoms with E-state index in [0.29, 0.717) is 15.7 Å². The lowest BCUT2D eigenvalue weighted by atomic mass is 10.1. The first-order valence-corrected chi connectivity index (χ1v) is 7.78. The zero-order chi connectivity index (χ0) is 15.6. The third-order valence-corrected chi connectivity index (χ3v) is 4.07. The fourth-order valence-electron chi connectivity index (χ4n) is 2.41. The first-order chi connectivity index (χ1) is 9.75. The van der Waals surface area contributed by atoms with Crippen molar-refractivity contribution in [2.24, 2.45) is 0 Å². The monoisotopic (exact) mass is 329 g/mol. The van der Waals surface area contributed by atoms with Crippen LogP contribution in [0.5, 0.6) is 0 Å². The van der Waals surface area contributed by atoms with Gasteiger partial charge >= 0.3 is 6.03 Å². The van der Waals surface area contributed by atoms with Crippen molar-refractivity contribution < 1.29 is 4.79 Å². The van der Waals surface area contributed by atoms with Crippen LogP contribution in [0.15, 0.2) is 18.2 Å². The van der Waals surface area contributed by atoms with Crippen LogP contribution in [0.25, 0.3) is 0 Å². The number of hydrogen-bond acceptors (Lipinski definition) is 2. The second-order valence-electron chi connectivity index (χ2n) is 6.23. The zero-order valence-electron chi connectivity index (χ0n) is 12.6.